The van der Waals surface area contributed by atoms with Gasteiger partial charge in [0.1, 0.15) is 26.4 Å². The van der Waals surface area contributed by atoms with E-state index in [2.05, 4.69) is 24.3 Å². The van der Waals surface area contributed by atoms with Crippen LogP contribution in [0, 0.1) is 24.3 Å². The van der Waals surface area contributed by atoms with Gasteiger partial charge in [-0.1, -0.05) is 0 Å². The van der Waals surface area contributed by atoms with Gasteiger partial charge >= 0.3 is 75.4 Å². The van der Waals surface area contributed by atoms with E-state index >= 15 is 0 Å². The van der Waals surface area contributed by atoms with E-state index in [4.69, 9.17) is 66.3 Å². The quantitative estimate of drug-likeness (QED) is 0.0707. The molecule has 6 aromatic carbocycles. The average Bonchev–Trinajstić information content (AvgIpc) is 3.39. The monoisotopic (exact) mass is 984 g/mol. The zero-order valence-corrected chi connectivity index (χ0v) is 45.1. The molecule has 372 valence electrons. The van der Waals surface area contributed by atoms with E-state index in [9.17, 15) is 0 Å². The van der Waals surface area contributed by atoms with Crippen molar-refractivity contribution in [2.75, 3.05) is 110 Å². The molecule has 0 N–H and O–H groups in total. The van der Waals surface area contributed by atoms with Crippen molar-refractivity contribution >= 4 is 0 Å². The standard InChI is InChI=1S/C56H60O14.4Li/c1-57-45-13-9-37(29-49(45)61-5)25-41-33-53-54(34-42(41)26-38-10-14-46(58-2)50(30-38)62-6)68-22-18-66-20-24-70-56-36-44(28-40-12-16-48(60-4)52(32-40)64-8)43(35-55(56)69-23-19-65-17-21-67-53)27-39-11-15-47(59-3)51(31-39)63-7;;;;/h13-16,29-36H,17-28H2,1-8H3;;;;/q-4;4*+1. The van der Waals surface area contributed by atoms with Crippen LogP contribution in [0.1, 0.15) is 44.5 Å². The Hall–Kier alpha value is -4.77. The first-order valence-electron chi connectivity index (χ1n) is 22.8. The molecule has 74 heavy (non-hydrogen) atoms. The van der Waals surface area contributed by atoms with Crippen molar-refractivity contribution in [3.63, 3.8) is 0 Å². The molecular weight excluding hydrogens is 924 g/mol. The molecule has 0 saturated carbocycles. The fraction of sp³-hybridized carbons (Fsp3) is 0.357. The predicted octanol–water partition coefficient (Wildman–Crippen LogP) is -3.40. The molecule has 0 aliphatic carbocycles. The van der Waals surface area contributed by atoms with Crippen LogP contribution in [-0.2, 0) is 35.2 Å². The summed E-state index contributed by atoms with van der Waals surface area (Å²) < 4.78 is 82.3. The Bertz CT molecular complexity index is 2310. The SMILES string of the molecule is COc1c[c-]c(Cc2cc3c(cc2Cc2[c-]cc(OC)c(OC)c2)OCCOCCOc2cc(Cc4[c-]cc(OC)c(OC)c4)c(Cc4[c-]cc(OC)c(OC)c4)cc2OCCOCCO3)cc1OC.[Li+].[Li+].[Li+].[Li+]. The first-order chi connectivity index (χ1) is 34.3. The van der Waals surface area contributed by atoms with Crippen molar-refractivity contribution in [2.45, 2.75) is 25.7 Å². The van der Waals surface area contributed by atoms with Gasteiger partial charge in [0.2, 0.25) is 0 Å². The molecule has 0 aromatic heterocycles. The number of methoxy groups -OCH3 is 8. The first-order valence-corrected chi connectivity index (χ1v) is 22.8. The molecule has 0 spiro atoms. The van der Waals surface area contributed by atoms with E-state index in [1.54, 1.807) is 81.1 Å². The molecule has 14 nitrogen and oxygen atoms in total. The second-order valence-corrected chi connectivity index (χ2v) is 15.8. The third-order valence-electron chi connectivity index (χ3n) is 11.5. The molecule has 0 bridgehead atoms. The van der Waals surface area contributed by atoms with Crippen LogP contribution in [0.2, 0.25) is 0 Å². The van der Waals surface area contributed by atoms with Gasteiger partial charge in [-0.15, -0.1) is 48.5 Å². The summed E-state index contributed by atoms with van der Waals surface area (Å²) in [7, 11) is 12.9. The summed E-state index contributed by atoms with van der Waals surface area (Å²) in [5.74, 6) is 7.09. The molecule has 0 saturated heterocycles. The Labute approximate surface area is 484 Å². The Kier molecular flexibility index (Phi) is 28.0. The van der Waals surface area contributed by atoms with Crippen molar-refractivity contribution in [1.29, 1.82) is 0 Å². The van der Waals surface area contributed by atoms with E-state index in [0.717, 1.165) is 44.5 Å². The molecule has 0 unspecified atom stereocenters. The second kappa shape index (κ2) is 32.6. The zero-order valence-electron chi connectivity index (χ0n) is 45.1. The minimum atomic E-state index is 0. The second-order valence-electron chi connectivity index (χ2n) is 15.8. The van der Waals surface area contributed by atoms with E-state index in [1.165, 1.54) is 0 Å². The molecule has 0 amide bonds. The van der Waals surface area contributed by atoms with E-state index < -0.39 is 0 Å². The number of fused-ring (bicyclic) bond motifs is 2. The molecule has 0 atom stereocenters. The topological polar surface area (TPSA) is 129 Å². The van der Waals surface area contributed by atoms with Gasteiger partial charge in [-0.25, -0.2) is 0 Å². The average molecular weight is 985 g/mol. The number of hydrogen-bond acceptors (Lipinski definition) is 14. The van der Waals surface area contributed by atoms with Crippen molar-refractivity contribution in [2.24, 2.45) is 0 Å². The van der Waals surface area contributed by atoms with Crippen LogP contribution in [0.3, 0.4) is 0 Å². The smallest absolute Gasteiger partial charge is 0.551 e. The van der Waals surface area contributed by atoms with Crippen LogP contribution in [0.25, 0.3) is 0 Å². The van der Waals surface area contributed by atoms with Gasteiger partial charge < -0.3 is 66.3 Å². The number of rotatable bonds is 16. The first kappa shape index (κ1) is 63.5. The van der Waals surface area contributed by atoms with E-state index in [0.29, 0.717) is 94.7 Å². The van der Waals surface area contributed by atoms with Crippen molar-refractivity contribution < 1.29 is 142 Å². The summed E-state index contributed by atoms with van der Waals surface area (Å²) in [5, 5.41) is 0. The van der Waals surface area contributed by atoms with Gasteiger partial charge in [0, 0.05) is 23.0 Å². The largest absolute Gasteiger partial charge is 1.00 e. The zero-order chi connectivity index (χ0) is 49.2. The van der Waals surface area contributed by atoms with Crippen LogP contribution >= 0.6 is 0 Å². The van der Waals surface area contributed by atoms with Crippen molar-refractivity contribution in [3.05, 3.63) is 142 Å². The van der Waals surface area contributed by atoms with Crippen molar-refractivity contribution in [3.8, 4) is 69.0 Å². The minimum absolute atomic E-state index is 0. The Morgan fingerprint density at radius 3 is 0.689 bits per heavy atom. The maximum Gasteiger partial charge on any atom is 1.00 e. The third kappa shape index (κ3) is 17.1. The summed E-state index contributed by atoms with van der Waals surface area (Å²) in [6, 6.07) is 36.3. The summed E-state index contributed by atoms with van der Waals surface area (Å²) in [6.45, 7) is 2.16. The molecule has 7 rings (SSSR count). The summed E-state index contributed by atoms with van der Waals surface area (Å²) in [4.78, 5) is 0. The Morgan fingerprint density at radius 1 is 0.297 bits per heavy atom. The van der Waals surface area contributed by atoms with Crippen LogP contribution in [-0.4, -0.2) is 110 Å². The minimum Gasteiger partial charge on any atom is -0.551 e. The molecule has 0 radical (unpaired) electrons. The van der Waals surface area contributed by atoms with Crippen LogP contribution in [0.15, 0.2) is 72.8 Å². The molecule has 1 aliphatic heterocycles. The fourth-order valence-electron chi connectivity index (χ4n) is 7.95. The number of ether oxygens (including phenoxy) is 14. The number of hydrogen-bond donors (Lipinski definition) is 0. The number of benzene rings is 6. The van der Waals surface area contributed by atoms with Gasteiger partial charge in [0.05, 0.1) is 106 Å². The maximum absolute atomic E-state index is 6.43. The van der Waals surface area contributed by atoms with Gasteiger partial charge in [-0.3, -0.25) is 0 Å². The van der Waals surface area contributed by atoms with Crippen LogP contribution in [0.5, 0.6) is 69.0 Å². The van der Waals surface area contributed by atoms with Gasteiger partial charge in [-0.2, -0.15) is 46.5 Å². The Morgan fingerprint density at radius 2 is 0.500 bits per heavy atom. The Balaban J connectivity index is 0.00000361. The summed E-state index contributed by atoms with van der Waals surface area (Å²) in [6.07, 6.45) is 2.07. The fourth-order valence-corrected chi connectivity index (χ4v) is 7.95. The third-order valence-corrected chi connectivity index (χ3v) is 11.5. The summed E-state index contributed by atoms with van der Waals surface area (Å²) in [5.41, 5.74) is 7.56. The molecule has 1 aliphatic rings. The molecule has 18 heteroatoms. The van der Waals surface area contributed by atoms with Crippen molar-refractivity contribution in [1.82, 2.24) is 0 Å². The van der Waals surface area contributed by atoms with Gasteiger partial charge in [-0.05, 0) is 72.2 Å². The van der Waals surface area contributed by atoms with Gasteiger partial charge in [0.25, 0.3) is 0 Å². The molecular formula is C56H60Li4O14. The maximum atomic E-state index is 6.43. The van der Waals surface area contributed by atoms with Crippen LogP contribution < -0.4 is 132 Å². The molecule has 6 aromatic rings. The van der Waals surface area contributed by atoms with Crippen LogP contribution in [0.4, 0.5) is 0 Å². The van der Waals surface area contributed by atoms with E-state index in [1.807, 2.05) is 48.5 Å². The molecule has 0 fully saturated rings. The summed E-state index contributed by atoms with van der Waals surface area (Å²) >= 11 is 0. The normalized spacial score (nSPS) is 12.5. The molecule has 1 heterocycles. The van der Waals surface area contributed by atoms with Gasteiger partial charge in [0.15, 0.2) is 23.0 Å². The van der Waals surface area contributed by atoms with E-state index in [-0.39, 0.29) is 128 Å². The predicted molar refractivity (Wildman–Crippen MR) is 261 cm³/mol.